The fraction of sp³-hybridized carbons (Fsp3) is 0.217. The highest BCUT2D eigenvalue weighted by molar-refractivity contribution is 7.90. The summed E-state index contributed by atoms with van der Waals surface area (Å²) in [6, 6.07) is 14.0. The number of amides is 1. The van der Waals surface area contributed by atoms with Crippen LogP contribution in [0.25, 0.3) is 0 Å². The van der Waals surface area contributed by atoms with E-state index in [1.807, 2.05) is 0 Å². The first-order valence-electron chi connectivity index (χ1n) is 9.83. The number of hydrogen-bond donors (Lipinski definition) is 1. The lowest BCUT2D eigenvalue weighted by molar-refractivity contribution is -0.123. The maximum Gasteiger partial charge on any atom is 0.375 e. The van der Waals surface area contributed by atoms with Crippen molar-refractivity contribution in [2.45, 2.75) is 23.7 Å². The third-order valence-electron chi connectivity index (χ3n) is 4.68. The molecule has 33 heavy (non-hydrogen) atoms. The van der Waals surface area contributed by atoms with E-state index in [9.17, 15) is 18.0 Å². The third-order valence-corrected chi connectivity index (χ3v) is 6.37. The summed E-state index contributed by atoms with van der Waals surface area (Å²) >= 11 is 0. The van der Waals surface area contributed by atoms with Gasteiger partial charge in [-0.3, -0.25) is 4.79 Å². The summed E-state index contributed by atoms with van der Waals surface area (Å²) in [7, 11) is -0.750. The molecule has 0 aliphatic carbocycles. The Labute approximate surface area is 191 Å². The Kier molecular flexibility index (Phi) is 7.39. The van der Waals surface area contributed by atoms with Gasteiger partial charge in [0.15, 0.2) is 27.4 Å². The first-order chi connectivity index (χ1) is 15.7. The van der Waals surface area contributed by atoms with E-state index in [0.29, 0.717) is 17.2 Å². The molecule has 1 aromatic heterocycles. The van der Waals surface area contributed by atoms with Crippen LogP contribution in [0, 0.1) is 0 Å². The fourth-order valence-corrected chi connectivity index (χ4v) is 4.35. The van der Waals surface area contributed by atoms with Gasteiger partial charge in [-0.15, -0.1) is 0 Å². The maximum atomic E-state index is 12.6. The second kappa shape index (κ2) is 10.2. The van der Waals surface area contributed by atoms with E-state index in [2.05, 4.69) is 5.32 Å². The molecule has 1 heterocycles. The summed E-state index contributed by atoms with van der Waals surface area (Å²) in [6.45, 7) is 1.39. The van der Waals surface area contributed by atoms with E-state index in [-0.39, 0.29) is 16.2 Å². The molecule has 0 aliphatic rings. The first-order valence-corrected chi connectivity index (χ1v) is 11.5. The molecule has 1 atom stereocenters. The van der Waals surface area contributed by atoms with Gasteiger partial charge in [0.25, 0.3) is 5.91 Å². The average Bonchev–Trinajstić information content (AvgIpc) is 3.27. The predicted molar refractivity (Wildman–Crippen MR) is 119 cm³/mol. The highest BCUT2D eigenvalue weighted by Gasteiger charge is 2.26. The monoisotopic (exact) mass is 473 g/mol. The molecule has 0 saturated heterocycles. The Hall–Kier alpha value is -3.79. The number of sulfone groups is 1. The number of benzene rings is 2. The number of ether oxygens (including phenoxy) is 3. The van der Waals surface area contributed by atoms with Gasteiger partial charge in [0.2, 0.25) is 5.76 Å². The number of furan rings is 1. The van der Waals surface area contributed by atoms with E-state index >= 15 is 0 Å². The SMILES string of the molecule is COc1ccc(NC(=O)C(C)OC(=O)c2occc2CS(=O)(=O)c2ccccc2)cc1OC. The summed E-state index contributed by atoms with van der Waals surface area (Å²) in [5, 5.41) is 2.61. The summed E-state index contributed by atoms with van der Waals surface area (Å²) in [5.41, 5.74) is 0.546. The van der Waals surface area contributed by atoms with Crippen molar-refractivity contribution in [3.63, 3.8) is 0 Å². The number of hydrogen-bond acceptors (Lipinski definition) is 8. The number of rotatable bonds is 9. The first kappa shape index (κ1) is 23.9. The van der Waals surface area contributed by atoms with Crippen LogP contribution in [0.2, 0.25) is 0 Å². The van der Waals surface area contributed by atoms with E-state index < -0.39 is 33.6 Å². The lowest BCUT2D eigenvalue weighted by Crippen LogP contribution is -2.30. The van der Waals surface area contributed by atoms with Crippen LogP contribution in [0.5, 0.6) is 11.5 Å². The second-order valence-electron chi connectivity index (χ2n) is 6.95. The van der Waals surface area contributed by atoms with E-state index in [4.69, 9.17) is 18.6 Å². The van der Waals surface area contributed by atoms with Crippen molar-refractivity contribution in [1.82, 2.24) is 0 Å². The summed E-state index contributed by atoms with van der Waals surface area (Å²) in [4.78, 5) is 25.2. The largest absolute Gasteiger partial charge is 0.493 e. The number of anilines is 1. The molecular formula is C23H23NO8S. The highest BCUT2D eigenvalue weighted by atomic mass is 32.2. The number of esters is 1. The topological polar surface area (TPSA) is 121 Å². The molecule has 0 saturated carbocycles. The summed E-state index contributed by atoms with van der Waals surface area (Å²) in [6.07, 6.45) is 0.00939. The van der Waals surface area contributed by atoms with Crippen LogP contribution in [-0.4, -0.2) is 40.6 Å². The van der Waals surface area contributed by atoms with Gasteiger partial charge in [-0.05, 0) is 37.3 Å². The van der Waals surface area contributed by atoms with E-state index in [1.54, 1.807) is 36.4 Å². The smallest absolute Gasteiger partial charge is 0.375 e. The Morgan fingerprint density at radius 1 is 1.00 bits per heavy atom. The average molecular weight is 474 g/mol. The van der Waals surface area contributed by atoms with Crippen molar-refractivity contribution in [2.75, 3.05) is 19.5 Å². The molecule has 10 heteroatoms. The number of carbonyl (C=O) groups is 2. The molecule has 1 amide bonds. The molecular weight excluding hydrogens is 450 g/mol. The lowest BCUT2D eigenvalue weighted by Gasteiger charge is -2.14. The molecule has 0 fully saturated rings. The third kappa shape index (κ3) is 5.72. The van der Waals surface area contributed by atoms with Crippen molar-refractivity contribution in [1.29, 1.82) is 0 Å². The molecule has 9 nitrogen and oxygen atoms in total. The normalized spacial score (nSPS) is 12.0. The standard InChI is InChI=1S/C23H23NO8S/c1-15(22(25)24-17-9-10-19(29-2)20(13-17)30-3)32-23(26)21-16(11-12-31-21)14-33(27,28)18-7-5-4-6-8-18/h4-13,15H,14H2,1-3H3,(H,24,25). The van der Waals surface area contributed by atoms with Gasteiger partial charge in [0.1, 0.15) is 0 Å². The number of methoxy groups -OCH3 is 2. The fourth-order valence-electron chi connectivity index (χ4n) is 2.97. The minimum Gasteiger partial charge on any atom is -0.493 e. The van der Waals surface area contributed by atoms with Crippen LogP contribution in [0.1, 0.15) is 23.0 Å². The Morgan fingerprint density at radius 3 is 2.36 bits per heavy atom. The van der Waals surface area contributed by atoms with Crippen molar-refractivity contribution < 1.29 is 36.6 Å². The van der Waals surface area contributed by atoms with Crippen LogP contribution in [0.3, 0.4) is 0 Å². The van der Waals surface area contributed by atoms with Gasteiger partial charge in [0, 0.05) is 17.3 Å². The second-order valence-corrected chi connectivity index (χ2v) is 8.94. The van der Waals surface area contributed by atoms with Crippen LogP contribution in [0.4, 0.5) is 5.69 Å². The van der Waals surface area contributed by atoms with Gasteiger partial charge < -0.3 is 23.9 Å². The van der Waals surface area contributed by atoms with E-state index in [1.165, 1.54) is 45.6 Å². The van der Waals surface area contributed by atoms with Crippen molar-refractivity contribution in [2.24, 2.45) is 0 Å². The molecule has 3 aromatic rings. The number of carbonyl (C=O) groups excluding carboxylic acids is 2. The molecule has 174 valence electrons. The maximum absolute atomic E-state index is 12.6. The molecule has 2 aromatic carbocycles. The van der Waals surface area contributed by atoms with Crippen LogP contribution in [-0.2, 0) is 25.1 Å². The zero-order valence-corrected chi connectivity index (χ0v) is 19.0. The summed E-state index contributed by atoms with van der Waals surface area (Å²) < 4.78 is 46.0. The predicted octanol–water partition coefficient (Wildman–Crippen LogP) is 3.45. The summed E-state index contributed by atoms with van der Waals surface area (Å²) in [5.74, 6) is -1.37. The van der Waals surface area contributed by atoms with Crippen molar-refractivity contribution in [3.8, 4) is 11.5 Å². The van der Waals surface area contributed by atoms with Gasteiger partial charge in [0.05, 0.1) is 31.1 Å². The van der Waals surface area contributed by atoms with Gasteiger partial charge in [-0.1, -0.05) is 18.2 Å². The zero-order chi connectivity index (χ0) is 24.0. The molecule has 1 unspecified atom stereocenters. The number of nitrogens with one attached hydrogen (secondary N) is 1. The van der Waals surface area contributed by atoms with Gasteiger partial charge in [-0.25, -0.2) is 13.2 Å². The van der Waals surface area contributed by atoms with Gasteiger partial charge >= 0.3 is 5.97 Å². The molecule has 0 bridgehead atoms. The molecule has 0 spiro atoms. The quantitative estimate of drug-likeness (QED) is 0.469. The van der Waals surface area contributed by atoms with Crippen LogP contribution < -0.4 is 14.8 Å². The highest BCUT2D eigenvalue weighted by Crippen LogP contribution is 2.30. The Bertz CT molecular complexity index is 1230. The molecule has 0 aliphatic heterocycles. The van der Waals surface area contributed by atoms with Crippen LogP contribution in [0.15, 0.2) is 70.2 Å². The van der Waals surface area contributed by atoms with Crippen molar-refractivity contribution in [3.05, 3.63) is 72.2 Å². The Balaban J connectivity index is 1.67. The Morgan fingerprint density at radius 2 is 1.70 bits per heavy atom. The molecule has 0 radical (unpaired) electrons. The molecule has 3 rings (SSSR count). The van der Waals surface area contributed by atoms with Crippen LogP contribution >= 0.6 is 0 Å². The minimum absolute atomic E-state index is 0.119. The lowest BCUT2D eigenvalue weighted by atomic mass is 10.2. The van der Waals surface area contributed by atoms with E-state index in [0.717, 1.165) is 0 Å². The van der Waals surface area contributed by atoms with Crippen molar-refractivity contribution >= 4 is 27.4 Å². The van der Waals surface area contributed by atoms with Gasteiger partial charge in [-0.2, -0.15) is 0 Å². The molecule has 1 N–H and O–H groups in total. The zero-order valence-electron chi connectivity index (χ0n) is 18.2. The minimum atomic E-state index is -3.71.